The highest BCUT2D eigenvalue weighted by Crippen LogP contribution is 2.37. The molecule has 1 aliphatic carbocycles. The molecule has 1 saturated carbocycles. The number of amides is 1. The fraction of sp³-hybridized carbons (Fsp3) is 0.407. The zero-order chi connectivity index (χ0) is 24.2. The zero-order valence-electron chi connectivity index (χ0n) is 20.5. The first-order valence-corrected chi connectivity index (χ1v) is 11.6. The van der Waals surface area contributed by atoms with E-state index in [0.29, 0.717) is 36.1 Å². The van der Waals surface area contributed by atoms with Gasteiger partial charge in [-0.3, -0.25) is 4.79 Å². The molecule has 0 radical (unpaired) electrons. The molecule has 2 aromatic carbocycles. The quantitative estimate of drug-likeness (QED) is 0.404. The number of carbonyl (C=O) groups excluding carboxylic acids is 1. The van der Waals surface area contributed by atoms with Crippen LogP contribution in [0.4, 0.5) is 0 Å². The maximum atomic E-state index is 13.6. The first kappa shape index (κ1) is 23.7. The minimum Gasteiger partial charge on any atom is -0.497 e. The van der Waals surface area contributed by atoms with Crippen LogP contribution in [0.1, 0.15) is 52.7 Å². The number of aryl methyl sites for hydroxylation is 2. The van der Waals surface area contributed by atoms with Crippen molar-refractivity contribution in [3.8, 4) is 17.2 Å². The number of hydrogen-bond donors (Lipinski definition) is 0. The van der Waals surface area contributed by atoms with Gasteiger partial charge in [0.1, 0.15) is 18.1 Å². The van der Waals surface area contributed by atoms with E-state index in [1.54, 1.807) is 32.4 Å². The summed E-state index contributed by atoms with van der Waals surface area (Å²) in [7, 11) is 3.23. The number of rotatable bonds is 10. The molecule has 0 saturated heterocycles. The van der Waals surface area contributed by atoms with Crippen LogP contribution < -0.4 is 14.2 Å². The largest absolute Gasteiger partial charge is 0.497 e. The number of carbonyl (C=O) groups is 1. The van der Waals surface area contributed by atoms with Gasteiger partial charge in [0, 0.05) is 18.2 Å². The third-order valence-corrected chi connectivity index (χ3v) is 6.53. The Morgan fingerprint density at radius 3 is 2.41 bits per heavy atom. The van der Waals surface area contributed by atoms with Crippen LogP contribution >= 0.6 is 0 Å². The molecule has 1 heterocycles. The number of aromatic nitrogens is 1. The lowest BCUT2D eigenvalue weighted by Crippen LogP contribution is -2.39. The molecule has 1 aliphatic rings. The third-order valence-electron chi connectivity index (χ3n) is 6.53. The summed E-state index contributed by atoms with van der Waals surface area (Å²) < 4.78 is 22.0. The number of nitrogens with zero attached hydrogens (tertiary/aromatic N) is 2. The molecule has 180 valence electrons. The van der Waals surface area contributed by atoms with E-state index in [4.69, 9.17) is 18.7 Å². The Bertz CT molecular complexity index is 1110. The molecule has 0 bridgehead atoms. The normalized spacial score (nSPS) is 13.9. The zero-order valence-corrected chi connectivity index (χ0v) is 20.5. The fourth-order valence-corrected chi connectivity index (χ4v) is 4.11. The van der Waals surface area contributed by atoms with Gasteiger partial charge in [-0.25, -0.2) is 0 Å². The summed E-state index contributed by atoms with van der Waals surface area (Å²) >= 11 is 0. The van der Waals surface area contributed by atoms with Crippen molar-refractivity contribution in [1.29, 1.82) is 0 Å². The molecule has 0 aliphatic heterocycles. The molecular formula is C27H32N2O5. The topological polar surface area (TPSA) is 74.0 Å². The van der Waals surface area contributed by atoms with Gasteiger partial charge >= 0.3 is 0 Å². The molecule has 1 amide bonds. The first-order valence-electron chi connectivity index (χ1n) is 11.6. The Morgan fingerprint density at radius 2 is 1.82 bits per heavy atom. The molecule has 3 aromatic rings. The Balaban J connectivity index is 1.54. The molecule has 0 spiro atoms. The third kappa shape index (κ3) is 5.19. The Labute approximate surface area is 200 Å². The highest BCUT2D eigenvalue weighted by atomic mass is 16.5. The molecule has 1 unspecified atom stereocenters. The molecule has 1 atom stereocenters. The van der Waals surface area contributed by atoms with E-state index in [1.165, 1.54) is 0 Å². The lowest BCUT2D eigenvalue weighted by atomic mass is 10.1. The number of benzene rings is 2. The summed E-state index contributed by atoms with van der Waals surface area (Å²) in [6.07, 6.45) is 2.32. The second-order valence-corrected chi connectivity index (χ2v) is 8.82. The van der Waals surface area contributed by atoms with Crippen LogP contribution in [-0.2, 0) is 13.2 Å². The second kappa shape index (κ2) is 10.2. The number of hydrogen-bond acceptors (Lipinski definition) is 6. The maximum absolute atomic E-state index is 13.6. The highest BCUT2D eigenvalue weighted by Gasteiger charge is 2.35. The summed E-state index contributed by atoms with van der Waals surface area (Å²) in [6, 6.07) is 13.4. The average Bonchev–Trinajstić information content (AvgIpc) is 3.66. The van der Waals surface area contributed by atoms with Crippen molar-refractivity contribution in [2.24, 2.45) is 5.92 Å². The summed E-state index contributed by atoms with van der Waals surface area (Å²) in [4.78, 5) is 15.6. The van der Waals surface area contributed by atoms with Gasteiger partial charge in [-0.1, -0.05) is 17.3 Å². The van der Waals surface area contributed by atoms with Gasteiger partial charge in [0.05, 0.1) is 25.5 Å². The Hall–Kier alpha value is -3.48. The van der Waals surface area contributed by atoms with Gasteiger partial charge in [0.15, 0.2) is 11.5 Å². The molecule has 7 nitrogen and oxygen atoms in total. The van der Waals surface area contributed by atoms with Crippen LogP contribution in [0.25, 0.3) is 0 Å². The van der Waals surface area contributed by atoms with E-state index >= 15 is 0 Å². The fourth-order valence-electron chi connectivity index (χ4n) is 4.11. The molecule has 1 fully saturated rings. The van der Waals surface area contributed by atoms with Crippen molar-refractivity contribution < 1.29 is 23.5 Å². The molecule has 1 aromatic heterocycles. The van der Waals surface area contributed by atoms with Crippen molar-refractivity contribution in [2.45, 2.75) is 52.8 Å². The maximum Gasteiger partial charge on any atom is 0.254 e. The monoisotopic (exact) mass is 464 g/mol. The van der Waals surface area contributed by atoms with E-state index in [1.807, 2.05) is 43.0 Å². The number of ether oxygens (including phenoxy) is 3. The summed E-state index contributed by atoms with van der Waals surface area (Å²) in [5, 5.41) is 3.96. The predicted molar refractivity (Wildman–Crippen MR) is 128 cm³/mol. The van der Waals surface area contributed by atoms with Gasteiger partial charge in [-0.05, 0) is 75.4 Å². The van der Waals surface area contributed by atoms with Crippen molar-refractivity contribution in [1.82, 2.24) is 10.1 Å². The minimum absolute atomic E-state index is 0.0224. The second-order valence-electron chi connectivity index (χ2n) is 8.82. The smallest absolute Gasteiger partial charge is 0.254 e. The van der Waals surface area contributed by atoms with E-state index < -0.39 is 0 Å². The Kier molecular flexibility index (Phi) is 7.10. The molecule has 0 N–H and O–H groups in total. The minimum atomic E-state index is -0.0224. The SMILES string of the molecule is COc1ccc(CN(C(=O)c2ccc(OCc3c(C)noc3C)c(OC)c2)C(C)C2CC2)cc1. The summed E-state index contributed by atoms with van der Waals surface area (Å²) in [5.41, 5.74) is 3.34. The molecule has 7 heteroatoms. The lowest BCUT2D eigenvalue weighted by molar-refractivity contribution is 0.0654. The van der Waals surface area contributed by atoms with Gasteiger partial charge in [-0.15, -0.1) is 0 Å². The standard InChI is InChI=1S/C27H32N2O5/c1-17-24(19(3)34-28-17)16-33-25-13-10-22(14-26(25)32-5)27(30)29(18(2)21-8-9-21)15-20-6-11-23(31-4)12-7-20/h6-7,10-14,18,21H,8-9,15-16H2,1-5H3. The van der Waals surface area contributed by atoms with Crippen LogP contribution in [0.3, 0.4) is 0 Å². The van der Waals surface area contributed by atoms with Gasteiger partial charge in [0.2, 0.25) is 0 Å². The Morgan fingerprint density at radius 1 is 1.09 bits per heavy atom. The highest BCUT2D eigenvalue weighted by molar-refractivity contribution is 5.95. The van der Waals surface area contributed by atoms with Crippen LogP contribution in [0.5, 0.6) is 17.2 Å². The number of methoxy groups -OCH3 is 2. The van der Waals surface area contributed by atoms with Gasteiger partial charge < -0.3 is 23.6 Å². The molecule has 34 heavy (non-hydrogen) atoms. The summed E-state index contributed by atoms with van der Waals surface area (Å²) in [5.74, 6) is 3.13. The molecule has 4 rings (SSSR count). The van der Waals surface area contributed by atoms with E-state index in [-0.39, 0.29) is 11.9 Å². The van der Waals surface area contributed by atoms with E-state index in [0.717, 1.165) is 41.2 Å². The van der Waals surface area contributed by atoms with Crippen LogP contribution in [0, 0.1) is 19.8 Å². The molecular weight excluding hydrogens is 432 g/mol. The average molecular weight is 465 g/mol. The van der Waals surface area contributed by atoms with Crippen molar-refractivity contribution in [2.75, 3.05) is 14.2 Å². The van der Waals surface area contributed by atoms with E-state index in [9.17, 15) is 4.79 Å². The summed E-state index contributed by atoms with van der Waals surface area (Å²) in [6.45, 7) is 6.72. The van der Waals surface area contributed by atoms with Crippen LogP contribution in [0.15, 0.2) is 47.0 Å². The van der Waals surface area contributed by atoms with E-state index in [2.05, 4.69) is 12.1 Å². The van der Waals surface area contributed by atoms with Crippen molar-refractivity contribution in [3.63, 3.8) is 0 Å². The lowest BCUT2D eigenvalue weighted by Gasteiger charge is -2.30. The van der Waals surface area contributed by atoms with Crippen LogP contribution in [0.2, 0.25) is 0 Å². The van der Waals surface area contributed by atoms with Gasteiger partial charge in [-0.2, -0.15) is 0 Å². The first-order chi connectivity index (χ1) is 16.4. The predicted octanol–water partition coefficient (Wildman–Crippen LogP) is 5.33. The van der Waals surface area contributed by atoms with Crippen LogP contribution in [-0.4, -0.2) is 36.2 Å². The van der Waals surface area contributed by atoms with Crippen molar-refractivity contribution in [3.05, 3.63) is 70.6 Å². The van der Waals surface area contributed by atoms with Gasteiger partial charge in [0.25, 0.3) is 5.91 Å². The van der Waals surface area contributed by atoms with Crippen molar-refractivity contribution >= 4 is 5.91 Å².